The molecule has 78 valence electrons. The third kappa shape index (κ3) is 2.96. The SMILES string of the molecule is CC(C)c1nc(Cl)c(CCC(=O)O)s1. The number of nitrogens with zero attached hydrogens (tertiary/aromatic N) is 1. The van der Waals surface area contributed by atoms with Gasteiger partial charge in [-0.2, -0.15) is 0 Å². The molecule has 5 heteroatoms. The molecule has 0 aliphatic heterocycles. The molecule has 0 aliphatic rings. The standard InChI is InChI=1S/C9H12ClNO2S/c1-5(2)9-11-8(10)6(14-9)3-4-7(12)13/h5H,3-4H2,1-2H3,(H,12,13). The van der Waals surface area contributed by atoms with Crippen molar-refractivity contribution < 1.29 is 9.90 Å². The number of hydrogen-bond donors (Lipinski definition) is 1. The van der Waals surface area contributed by atoms with Gasteiger partial charge in [0.25, 0.3) is 0 Å². The number of hydrogen-bond acceptors (Lipinski definition) is 3. The van der Waals surface area contributed by atoms with Gasteiger partial charge in [-0.15, -0.1) is 11.3 Å². The topological polar surface area (TPSA) is 50.2 Å². The van der Waals surface area contributed by atoms with Gasteiger partial charge in [0.1, 0.15) is 5.15 Å². The summed E-state index contributed by atoms with van der Waals surface area (Å²) in [5.41, 5.74) is 0. The van der Waals surface area contributed by atoms with E-state index in [-0.39, 0.29) is 6.42 Å². The minimum absolute atomic E-state index is 0.111. The molecule has 1 rings (SSSR count). The smallest absolute Gasteiger partial charge is 0.303 e. The fraction of sp³-hybridized carbons (Fsp3) is 0.556. The van der Waals surface area contributed by atoms with Gasteiger partial charge >= 0.3 is 5.97 Å². The Morgan fingerprint density at radius 3 is 2.71 bits per heavy atom. The Balaban J connectivity index is 2.72. The number of carboxylic acids is 1. The first-order chi connectivity index (χ1) is 6.50. The van der Waals surface area contributed by atoms with Crippen LogP contribution in [0, 0.1) is 0 Å². The third-order valence-corrected chi connectivity index (χ3v) is 3.57. The predicted octanol–water partition coefficient (Wildman–Crippen LogP) is 2.94. The Morgan fingerprint density at radius 2 is 2.29 bits per heavy atom. The van der Waals surface area contributed by atoms with E-state index in [2.05, 4.69) is 4.98 Å². The highest BCUT2D eigenvalue weighted by Gasteiger charge is 2.12. The maximum Gasteiger partial charge on any atom is 0.303 e. The number of carboxylic acid groups (broad SMARTS) is 1. The van der Waals surface area contributed by atoms with Crippen LogP contribution in [0.5, 0.6) is 0 Å². The van der Waals surface area contributed by atoms with Gasteiger partial charge < -0.3 is 5.11 Å². The maximum atomic E-state index is 10.4. The Hall–Kier alpha value is -0.610. The van der Waals surface area contributed by atoms with Crippen molar-refractivity contribution in [2.45, 2.75) is 32.6 Å². The van der Waals surface area contributed by atoms with Crippen LogP contribution in [0.4, 0.5) is 0 Å². The fourth-order valence-corrected chi connectivity index (χ4v) is 2.28. The highest BCUT2D eigenvalue weighted by Crippen LogP contribution is 2.28. The van der Waals surface area contributed by atoms with Gasteiger partial charge in [0.05, 0.1) is 11.4 Å². The number of rotatable bonds is 4. The molecule has 1 N–H and O–H groups in total. The monoisotopic (exact) mass is 233 g/mol. The van der Waals surface area contributed by atoms with Gasteiger partial charge in [-0.3, -0.25) is 4.79 Å². The summed E-state index contributed by atoms with van der Waals surface area (Å²) < 4.78 is 0. The van der Waals surface area contributed by atoms with Crippen LogP contribution in [0.25, 0.3) is 0 Å². The zero-order valence-electron chi connectivity index (χ0n) is 8.08. The second-order valence-electron chi connectivity index (χ2n) is 3.31. The maximum absolute atomic E-state index is 10.4. The first-order valence-corrected chi connectivity index (χ1v) is 5.57. The lowest BCUT2D eigenvalue weighted by Crippen LogP contribution is -1.96. The van der Waals surface area contributed by atoms with E-state index in [1.807, 2.05) is 13.8 Å². The summed E-state index contributed by atoms with van der Waals surface area (Å²) in [4.78, 5) is 15.4. The molecule has 1 aromatic rings. The number of aromatic nitrogens is 1. The number of halogens is 1. The van der Waals surface area contributed by atoms with E-state index in [9.17, 15) is 4.79 Å². The quantitative estimate of drug-likeness (QED) is 0.870. The summed E-state index contributed by atoms with van der Waals surface area (Å²) in [6.07, 6.45) is 0.581. The summed E-state index contributed by atoms with van der Waals surface area (Å²) in [7, 11) is 0. The average Bonchev–Trinajstić information content (AvgIpc) is 2.43. The molecule has 0 amide bonds. The van der Waals surface area contributed by atoms with E-state index < -0.39 is 5.97 Å². The molecule has 0 atom stereocenters. The lowest BCUT2D eigenvalue weighted by molar-refractivity contribution is -0.136. The van der Waals surface area contributed by atoms with Gasteiger partial charge in [-0.1, -0.05) is 25.4 Å². The van der Waals surface area contributed by atoms with Gasteiger partial charge in [0.2, 0.25) is 0 Å². The molecule has 0 fully saturated rings. The highest BCUT2D eigenvalue weighted by molar-refractivity contribution is 7.12. The summed E-state index contributed by atoms with van der Waals surface area (Å²) in [5.74, 6) is -0.461. The van der Waals surface area contributed by atoms with E-state index in [0.29, 0.717) is 17.5 Å². The molecular weight excluding hydrogens is 222 g/mol. The molecule has 0 saturated carbocycles. The molecular formula is C9H12ClNO2S. The van der Waals surface area contributed by atoms with Crippen LogP contribution in [-0.2, 0) is 11.2 Å². The van der Waals surface area contributed by atoms with Crippen LogP contribution in [0.2, 0.25) is 5.15 Å². The summed E-state index contributed by atoms with van der Waals surface area (Å²) in [6.45, 7) is 4.08. The number of aliphatic carboxylic acids is 1. The van der Waals surface area contributed by atoms with Crippen LogP contribution in [0.1, 0.15) is 36.1 Å². The Morgan fingerprint density at radius 1 is 1.64 bits per heavy atom. The van der Waals surface area contributed by atoms with Gasteiger partial charge in [0.15, 0.2) is 0 Å². The summed E-state index contributed by atoms with van der Waals surface area (Å²) in [6, 6.07) is 0. The summed E-state index contributed by atoms with van der Waals surface area (Å²) >= 11 is 7.38. The molecule has 0 saturated heterocycles. The minimum Gasteiger partial charge on any atom is -0.481 e. The van der Waals surface area contributed by atoms with Gasteiger partial charge in [0, 0.05) is 10.8 Å². The second-order valence-corrected chi connectivity index (χ2v) is 4.79. The average molecular weight is 234 g/mol. The van der Waals surface area contributed by atoms with Crippen molar-refractivity contribution in [1.82, 2.24) is 4.98 Å². The van der Waals surface area contributed by atoms with E-state index in [1.54, 1.807) is 0 Å². The van der Waals surface area contributed by atoms with Crippen LogP contribution in [0.15, 0.2) is 0 Å². The zero-order valence-corrected chi connectivity index (χ0v) is 9.65. The molecule has 14 heavy (non-hydrogen) atoms. The second kappa shape index (κ2) is 4.75. The molecule has 0 bridgehead atoms. The van der Waals surface area contributed by atoms with Crippen LogP contribution >= 0.6 is 22.9 Å². The molecule has 1 heterocycles. The van der Waals surface area contributed by atoms with Crippen LogP contribution in [-0.4, -0.2) is 16.1 Å². The number of carbonyl (C=O) groups is 1. The van der Waals surface area contributed by atoms with Crippen molar-refractivity contribution in [2.24, 2.45) is 0 Å². The van der Waals surface area contributed by atoms with Crippen LogP contribution < -0.4 is 0 Å². The molecule has 1 aromatic heterocycles. The Labute approximate surface area is 91.7 Å². The lowest BCUT2D eigenvalue weighted by atomic mass is 10.2. The first kappa shape index (κ1) is 11.5. The molecule has 0 spiro atoms. The van der Waals surface area contributed by atoms with E-state index in [4.69, 9.17) is 16.7 Å². The van der Waals surface area contributed by atoms with Gasteiger partial charge in [-0.05, 0) is 6.42 Å². The fourth-order valence-electron chi connectivity index (χ4n) is 0.972. The Bertz CT molecular complexity index is 336. The molecule has 0 aliphatic carbocycles. The van der Waals surface area contributed by atoms with Crippen LogP contribution in [0.3, 0.4) is 0 Å². The van der Waals surface area contributed by atoms with Crippen molar-refractivity contribution in [3.8, 4) is 0 Å². The molecule has 0 radical (unpaired) electrons. The van der Waals surface area contributed by atoms with Crippen molar-refractivity contribution in [1.29, 1.82) is 0 Å². The minimum atomic E-state index is -0.805. The third-order valence-electron chi connectivity index (χ3n) is 1.73. The first-order valence-electron chi connectivity index (χ1n) is 4.37. The molecule has 0 aromatic carbocycles. The number of thiazole rings is 1. The predicted molar refractivity (Wildman–Crippen MR) is 57.2 cm³/mol. The number of aryl methyl sites for hydroxylation is 1. The summed E-state index contributed by atoms with van der Waals surface area (Å²) in [5, 5.41) is 9.95. The van der Waals surface area contributed by atoms with Gasteiger partial charge in [-0.25, -0.2) is 4.98 Å². The molecule has 0 unspecified atom stereocenters. The van der Waals surface area contributed by atoms with Crippen molar-refractivity contribution in [3.63, 3.8) is 0 Å². The van der Waals surface area contributed by atoms with Crippen molar-refractivity contribution in [3.05, 3.63) is 15.0 Å². The highest BCUT2D eigenvalue weighted by atomic mass is 35.5. The van der Waals surface area contributed by atoms with Crippen molar-refractivity contribution in [2.75, 3.05) is 0 Å². The van der Waals surface area contributed by atoms with E-state index in [0.717, 1.165) is 9.88 Å². The normalized spacial score (nSPS) is 10.9. The lowest BCUT2D eigenvalue weighted by Gasteiger charge is -1.95. The zero-order chi connectivity index (χ0) is 10.7. The Kier molecular flexibility index (Phi) is 3.89. The largest absolute Gasteiger partial charge is 0.481 e. The molecule has 3 nitrogen and oxygen atoms in total. The van der Waals surface area contributed by atoms with E-state index >= 15 is 0 Å². The van der Waals surface area contributed by atoms with Crippen molar-refractivity contribution >= 4 is 28.9 Å². The van der Waals surface area contributed by atoms with E-state index in [1.165, 1.54) is 11.3 Å².